The van der Waals surface area contributed by atoms with Gasteiger partial charge in [-0.15, -0.1) is 11.8 Å². The molecule has 0 atom stereocenters. The van der Waals surface area contributed by atoms with Crippen LogP contribution in [0.15, 0.2) is 48.5 Å². The summed E-state index contributed by atoms with van der Waals surface area (Å²) in [4.78, 5) is 28.2. The van der Waals surface area contributed by atoms with Gasteiger partial charge in [-0.05, 0) is 37.1 Å². The molecule has 2 aromatic rings. The monoisotopic (exact) mass is 467 g/mol. The number of thioether (sulfide) groups is 1. The van der Waals surface area contributed by atoms with Crippen molar-refractivity contribution in [3.63, 3.8) is 0 Å². The second-order valence-corrected chi connectivity index (χ2v) is 9.15. The molecule has 170 valence electrons. The van der Waals surface area contributed by atoms with E-state index < -0.39 is 28.5 Å². The summed E-state index contributed by atoms with van der Waals surface area (Å²) >= 11 is 1.60. The number of nitrogens with zero attached hydrogens (tertiary/aromatic N) is 2. The van der Waals surface area contributed by atoms with E-state index in [0.717, 1.165) is 6.07 Å². The molecule has 1 N–H and O–H groups in total. The molecule has 1 spiro atoms. The van der Waals surface area contributed by atoms with Gasteiger partial charge in [-0.25, -0.2) is 9.18 Å². The van der Waals surface area contributed by atoms with E-state index in [2.05, 4.69) is 5.32 Å². The second kappa shape index (κ2) is 8.65. The minimum atomic E-state index is -4.58. The van der Waals surface area contributed by atoms with Crippen molar-refractivity contribution >= 4 is 29.4 Å². The molecule has 2 aliphatic heterocycles. The Morgan fingerprint density at radius 1 is 0.969 bits per heavy atom. The Balaban J connectivity index is 1.44. The number of carbonyl (C=O) groups is 2. The highest BCUT2D eigenvalue weighted by Crippen LogP contribution is 2.45. The summed E-state index contributed by atoms with van der Waals surface area (Å²) < 4.78 is 53.7. The zero-order valence-corrected chi connectivity index (χ0v) is 17.8. The maximum absolute atomic E-state index is 14.1. The van der Waals surface area contributed by atoms with E-state index in [9.17, 15) is 27.2 Å². The van der Waals surface area contributed by atoms with Crippen LogP contribution in [0.1, 0.15) is 28.8 Å². The molecule has 0 aromatic heterocycles. The maximum Gasteiger partial charge on any atom is 0.418 e. The highest BCUT2D eigenvalue weighted by atomic mass is 32.2. The number of alkyl halides is 3. The van der Waals surface area contributed by atoms with E-state index in [1.54, 1.807) is 22.7 Å². The number of hydrogen-bond donors (Lipinski definition) is 1. The number of piperidine rings is 1. The van der Waals surface area contributed by atoms with Crippen LogP contribution in [-0.4, -0.2) is 52.0 Å². The molecule has 0 unspecified atom stereocenters. The molecule has 4 rings (SSSR count). The minimum Gasteiger partial charge on any atom is -0.324 e. The lowest BCUT2D eigenvalue weighted by molar-refractivity contribution is -0.136. The van der Waals surface area contributed by atoms with Gasteiger partial charge in [0.05, 0.1) is 21.7 Å². The van der Waals surface area contributed by atoms with E-state index in [1.165, 1.54) is 41.3 Å². The van der Waals surface area contributed by atoms with Crippen LogP contribution in [0.2, 0.25) is 0 Å². The summed E-state index contributed by atoms with van der Waals surface area (Å²) in [6, 6.07) is 10.0. The fraction of sp³-hybridized carbons (Fsp3) is 0.364. The Morgan fingerprint density at radius 2 is 1.62 bits per heavy atom. The van der Waals surface area contributed by atoms with Gasteiger partial charge in [0.1, 0.15) is 5.82 Å². The van der Waals surface area contributed by atoms with Crippen molar-refractivity contribution in [3.05, 3.63) is 65.5 Å². The number of anilines is 1. The molecule has 2 aromatic carbocycles. The van der Waals surface area contributed by atoms with Crippen LogP contribution in [0.5, 0.6) is 0 Å². The van der Waals surface area contributed by atoms with Crippen LogP contribution in [0.3, 0.4) is 0 Å². The van der Waals surface area contributed by atoms with Crippen molar-refractivity contribution in [3.8, 4) is 0 Å². The van der Waals surface area contributed by atoms with Gasteiger partial charge in [0, 0.05) is 25.4 Å². The topological polar surface area (TPSA) is 52.7 Å². The number of amides is 3. The number of urea groups is 1. The van der Waals surface area contributed by atoms with Crippen molar-refractivity contribution in [1.29, 1.82) is 0 Å². The largest absolute Gasteiger partial charge is 0.418 e. The van der Waals surface area contributed by atoms with Crippen LogP contribution in [0.25, 0.3) is 0 Å². The van der Waals surface area contributed by atoms with Crippen molar-refractivity contribution in [2.24, 2.45) is 0 Å². The number of likely N-dealkylation sites (tertiary alicyclic amines) is 1. The molecular formula is C22H21F4N3O2S. The fourth-order valence-corrected chi connectivity index (χ4v) is 5.64. The van der Waals surface area contributed by atoms with Crippen LogP contribution in [0.4, 0.5) is 28.0 Å². The molecule has 2 fully saturated rings. The summed E-state index contributed by atoms with van der Waals surface area (Å²) in [5.41, 5.74) is -1.19. The van der Waals surface area contributed by atoms with Gasteiger partial charge in [0.15, 0.2) is 0 Å². The number of rotatable bonds is 2. The maximum atomic E-state index is 14.1. The number of halogens is 4. The quantitative estimate of drug-likeness (QED) is 0.629. The smallest absolute Gasteiger partial charge is 0.324 e. The summed E-state index contributed by atoms with van der Waals surface area (Å²) in [6.45, 7) is 1.02. The Hall–Kier alpha value is -2.75. The van der Waals surface area contributed by atoms with Crippen molar-refractivity contribution in [2.45, 2.75) is 23.9 Å². The Bertz CT molecular complexity index is 1020. The lowest BCUT2D eigenvalue weighted by Gasteiger charge is -2.44. The first-order valence-electron chi connectivity index (χ1n) is 10.1. The van der Waals surface area contributed by atoms with Crippen LogP contribution >= 0.6 is 11.8 Å². The average molecular weight is 467 g/mol. The van der Waals surface area contributed by atoms with Gasteiger partial charge in [0.25, 0.3) is 5.91 Å². The van der Waals surface area contributed by atoms with Gasteiger partial charge < -0.3 is 15.1 Å². The third kappa shape index (κ3) is 4.28. The predicted molar refractivity (Wildman–Crippen MR) is 114 cm³/mol. The molecule has 10 heteroatoms. The van der Waals surface area contributed by atoms with Gasteiger partial charge in [-0.3, -0.25) is 4.79 Å². The van der Waals surface area contributed by atoms with E-state index in [1.807, 2.05) is 0 Å². The van der Waals surface area contributed by atoms with Crippen molar-refractivity contribution in [2.75, 3.05) is 30.7 Å². The highest BCUT2D eigenvalue weighted by Gasteiger charge is 2.47. The fourth-order valence-electron chi connectivity index (χ4n) is 4.18. The predicted octanol–water partition coefficient (Wildman–Crippen LogP) is 5.06. The third-order valence-corrected chi connectivity index (χ3v) is 7.39. The van der Waals surface area contributed by atoms with Crippen molar-refractivity contribution < 1.29 is 27.2 Å². The molecular weight excluding hydrogens is 446 g/mol. The van der Waals surface area contributed by atoms with Gasteiger partial charge in [-0.1, -0.05) is 24.3 Å². The molecule has 2 saturated heterocycles. The average Bonchev–Trinajstić information content (AvgIpc) is 3.16. The molecule has 2 aliphatic rings. The van der Waals surface area contributed by atoms with E-state index in [-0.39, 0.29) is 30.2 Å². The van der Waals surface area contributed by atoms with E-state index in [4.69, 9.17) is 0 Å². The normalized spacial score (nSPS) is 18.1. The Labute approximate surface area is 186 Å². The molecule has 0 saturated carbocycles. The van der Waals surface area contributed by atoms with Gasteiger partial charge >= 0.3 is 12.2 Å². The lowest BCUT2D eigenvalue weighted by Crippen LogP contribution is -2.54. The third-order valence-electron chi connectivity index (χ3n) is 5.83. The van der Waals surface area contributed by atoms with E-state index >= 15 is 0 Å². The summed E-state index contributed by atoms with van der Waals surface area (Å²) in [6.07, 6.45) is -3.68. The Morgan fingerprint density at radius 3 is 2.31 bits per heavy atom. The zero-order chi connectivity index (χ0) is 22.9. The number of hydrogen-bond acceptors (Lipinski definition) is 3. The van der Waals surface area contributed by atoms with Crippen LogP contribution in [0, 0.1) is 5.82 Å². The summed E-state index contributed by atoms with van der Waals surface area (Å²) in [5.74, 6) is -0.263. The molecule has 5 nitrogen and oxygen atoms in total. The molecule has 3 amide bonds. The highest BCUT2D eigenvalue weighted by molar-refractivity contribution is 8.00. The molecule has 32 heavy (non-hydrogen) atoms. The lowest BCUT2D eigenvalue weighted by atomic mass is 10.0. The van der Waals surface area contributed by atoms with Gasteiger partial charge in [0.2, 0.25) is 0 Å². The second-order valence-electron chi connectivity index (χ2n) is 7.69. The SMILES string of the molecule is O=C(Nc1ccccc1C(F)(F)F)N1CCC2(CC1)SCCN2C(=O)c1ccccc1F. The molecule has 0 bridgehead atoms. The number of carbonyl (C=O) groups excluding carboxylic acids is 2. The molecule has 0 radical (unpaired) electrons. The standard InChI is InChI=1S/C22H21F4N3O2S/c23-17-7-3-1-5-15(17)19(30)29-13-14-32-21(29)9-11-28(12-10-21)20(31)27-18-8-4-2-6-16(18)22(24,25)26/h1-8H,9-14H2,(H,27,31). The first-order valence-corrected chi connectivity index (χ1v) is 11.1. The first-order chi connectivity index (χ1) is 15.2. The van der Waals surface area contributed by atoms with Crippen molar-refractivity contribution in [1.82, 2.24) is 9.80 Å². The molecule has 2 heterocycles. The summed E-state index contributed by atoms with van der Waals surface area (Å²) in [7, 11) is 0. The van der Waals surface area contributed by atoms with Gasteiger partial charge in [-0.2, -0.15) is 13.2 Å². The van der Waals surface area contributed by atoms with Crippen LogP contribution in [-0.2, 0) is 6.18 Å². The number of benzene rings is 2. The van der Waals surface area contributed by atoms with Crippen LogP contribution < -0.4 is 5.32 Å². The zero-order valence-electron chi connectivity index (χ0n) is 17.0. The van der Waals surface area contributed by atoms with E-state index in [0.29, 0.717) is 25.1 Å². The molecule has 0 aliphatic carbocycles. The summed E-state index contributed by atoms with van der Waals surface area (Å²) in [5, 5.41) is 2.36. The number of nitrogens with one attached hydrogen (secondary N) is 1. The minimum absolute atomic E-state index is 0.0123. The number of para-hydroxylation sites is 1. The first kappa shape index (κ1) is 22.4. The Kier molecular flexibility index (Phi) is 6.07.